The van der Waals surface area contributed by atoms with Crippen LogP contribution in [0.1, 0.15) is 55.0 Å². The number of ether oxygens (including phenoxy) is 1. The quantitative estimate of drug-likeness (QED) is 0.439. The fourth-order valence-corrected chi connectivity index (χ4v) is 4.28. The SMILES string of the molecule is CCc1cccc(CC)c1NC(=O)CSc1nnc(C(C)Oc2ccc(C)c(C)c2)n1C. The van der Waals surface area contributed by atoms with Crippen LogP contribution in [-0.4, -0.2) is 26.4 Å². The number of hydrogen-bond acceptors (Lipinski definition) is 5. The number of anilines is 1. The molecule has 0 saturated carbocycles. The number of hydrogen-bond donors (Lipinski definition) is 1. The number of nitrogens with zero attached hydrogens (tertiary/aromatic N) is 3. The van der Waals surface area contributed by atoms with Gasteiger partial charge in [0.25, 0.3) is 0 Å². The van der Waals surface area contributed by atoms with Crippen LogP contribution in [0.4, 0.5) is 5.69 Å². The summed E-state index contributed by atoms with van der Waals surface area (Å²) in [6.45, 7) is 10.3. The molecule has 6 nitrogen and oxygen atoms in total. The number of amides is 1. The molecular formula is C25H32N4O2S. The molecule has 1 unspecified atom stereocenters. The van der Waals surface area contributed by atoms with E-state index in [0.29, 0.717) is 5.16 Å². The van der Waals surface area contributed by atoms with Crippen LogP contribution in [0.25, 0.3) is 0 Å². The molecule has 0 saturated heterocycles. The number of carbonyl (C=O) groups is 1. The zero-order valence-corrected chi connectivity index (χ0v) is 20.5. The van der Waals surface area contributed by atoms with Crippen molar-refractivity contribution in [2.24, 2.45) is 7.05 Å². The van der Waals surface area contributed by atoms with E-state index in [1.165, 1.54) is 22.9 Å². The first kappa shape index (κ1) is 23.9. The molecule has 0 radical (unpaired) electrons. The highest BCUT2D eigenvalue weighted by Crippen LogP contribution is 2.26. The van der Waals surface area contributed by atoms with E-state index in [-0.39, 0.29) is 17.8 Å². The molecule has 2 aromatic carbocycles. The van der Waals surface area contributed by atoms with Gasteiger partial charge in [0.1, 0.15) is 5.75 Å². The summed E-state index contributed by atoms with van der Waals surface area (Å²) in [5.41, 5.74) is 5.66. The van der Waals surface area contributed by atoms with Crippen molar-refractivity contribution in [3.63, 3.8) is 0 Å². The predicted octanol–water partition coefficient (Wildman–Crippen LogP) is 5.43. The van der Waals surface area contributed by atoms with Gasteiger partial charge in [-0.1, -0.05) is 49.9 Å². The van der Waals surface area contributed by atoms with E-state index in [1.807, 2.05) is 36.7 Å². The molecule has 3 rings (SSSR count). The second-order valence-corrected chi connectivity index (χ2v) is 8.84. The molecule has 0 bridgehead atoms. The van der Waals surface area contributed by atoms with Crippen LogP contribution in [0.15, 0.2) is 41.6 Å². The van der Waals surface area contributed by atoms with Gasteiger partial charge in [-0.2, -0.15) is 0 Å². The van der Waals surface area contributed by atoms with E-state index in [0.717, 1.165) is 41.2 Å². The number of nitrogens with one attached hydrogen (secondary N) is 1. The summed E-state index contributed by atoms with van der Waals surface area (Å²) in [5.74, 6) is 1.74. The Bertz CT molecular complexity index is 1070. The number of para-hydroxylation sites is 1. The van der Waals surface area contributed by atoms with Gasteiger partial charge in [-0.15, -0.1) is 10.2 Å². The van der Waals surface area contributed by atoms with E-state index in [9.17, 15) is 4.79 Å². The van der Waals surface area contributed by atoms with Crippen molar-refractivity contribution in [3.05, 3.63) is 64.5 Å². The molecule has 7 heteroatoms. The maximum atomic E-state index is 12.7. The molecule has 32 heavy (non-hydrogen) atoms. The van der Waals surface area contributed by atoms with E-state index in [1.54, 1.807) is 0 Å². The maximum Gasteiger partial charge on any atom is 0.234 e. The molecule has 0 spiro atoms. The van der Waals surface area contributed by atoms with Crippen LogP contribution in [0.5, 0.6) is 5.75 Å². The van der Waals surface area contributed by atoms with Gasteiger partial charge in [-0.05, 0) is 68.0 Å². The Morgan fingerprint density at radius 2 is 1.78 bits per heavy atom. The Hall–Kier alpha value is -2.80. The summed E-state index contributed by atoms with van der Waals surface area (Å²) < 4.78 is 7.96. The average molecular weight is 453 g/mol. The zero-order chi connectivity index (χ0) is 23.3. The third-order valence-electron chi connectivity index (χ3n) is 5.62. The fourth-order valence-electron chi connectivity index (χ4n) is 3.56. The van der Waals surface area contributed by atoms with Crippen LogP contribution in [0, 0.1) is 13.8 Å². The van der Waals surface area contributed by atoms with E-state index < -0.39 is 0 Å². The molecule has 0 aliphatic rings. The number of aromatic nitrogens is 3. The fraction of sp³-hybridized carbons (Fsp3) is 0.400. The molecule has 1 heterocycles. The molecule has 0 aliphatic heterocycles. The second-order valence-electron chi connectivity index (χ2n) is 7.90. The summed E-state index contributed by atoms with van der Waals surface area (Å²) in [7, 11) is 1.90. The Kier molecular flexibility index (Phi) is 7.96. The third kappa shape index (κ3) is 5.51. The van der Waals surface area contributed by atoms with Gasteiger partial charge >= 0.3 is 0 Å². The lowest BCUT2D eigenvalue weighted by molar-refractivity contribution is -0.113. The average Bonchev–Trinajstić information content (AvgIpc) is 3.15. The first-order chi connectivity index (χ1) is 15.3. The van der Waals surface area contributed by atoms with Crippen molar-refractivity contribution in [1.82, 2.24) is 14.8 Å². The van der Waals surface area contributed by atoms with Crippen LogP contribution in [-0.2, 0) is 24.7 Å². The minimum atomic E-state index is -0.263. The number of thioether (sulfide) groups is 1. The lowest BCUT2D eigenvalue weighted by Crippen LogP contribution is -2.17. The minimum absolute atomic E-state index is 0.0467. The first-order valence-electron chi connectivity index (χ1n) is 11.0. The van der Waals surface area contributed by atoms with Crippen molar-refractivity contribution in [3.8, 4) is 5.75 Å². The maximum absolute atomic E-state index is 12.7. The number of benzene rings is 2. The molecule has 0 aliphatic carbocycles. The van der Waals surface area contributed by atoms with Gasteiger partial charge < -0.3 is 14.6 Å². The Morgan fingerprint density at radius 1 is 1.09 bits per heavy atom. The van der Waals surface area contributed by atoms with Crippen LogP contribution in [0.2, 0.25) is 0 Å². The van der Waals surface area contributed by atoms with Gasteiger partial charge in [-0.3, -0.25) is 4.79 Å². The van der Waals surface area contributed by atoms with Crippen molar-refractivity contribution < 1.29 is 9.53 Å². The minimum Gasteiger partial charge on any atom is -0.483 e. The second kappa shape index (κ2) is 10.7. The molecule has 1 aromatic heterocycles. The highest BCUT2D eigenvalue weighted by molar-refractivity contribution is 7.99. The predicted molar refractivity (Wildman–Crippen MR) is 131 cm³/mol. The van der Waals surface area contributed by atoms with Crippen molar-refractivity contribution in [2.45, 2.75) is 58.7 Å². The summed E-state index contributed by atoms with van der Waals surface area (Å²) >= 11 is 1.37. The largest absolute Gasteiger partial charge is 0.483 e. The van der Waals surface area contributed by atoms with Crippen LogP contribution < -0.4 is 10.1 Å². The number of rotatable bonds is 9. The van der Waals surface area contributed by atoms with Gasteiger partial charge in [0.05, 0.1) is 5.75 Å². The zero-order valence-electron chi connectivity index (χ0n) is 19.7. The van der Waals surface area contributed by atoms with Crippen LogP contribution in [0.3, 0.4) is 0 Å². The van der Waals surface area contributed by atoms with E-state index in [2.05, 4.69) is 61.4 Å². The van der Waals surface area contributed by atoms with Gasteiger partial charge in [0.2, 0.25) is 5.91 Å². The van der Waals surface area contributed by atoms with Gasteiger partial charge in [-0.25, -0.2) is 0 Å². The molecule has 0 fully saturated rings. The van der Waals surface area contributed by atoms with Gasteiger partial charge in [0, 0.05) is 12.7 Å². The lowest BCUT2D eigenvalue weighted by Gasteiger charge is -2.15. The number of aryl methyl sites for hydroxylation is 4. The molecular weight excluding hydrogens is 420 g/mol. The van der Waals surface area contributed by atoms with Crippen LogP contribution >= 0.6 is 11.8 Å². The summed E-state index contributed by atoms with van der Waals surface area (Å²) in [6.07, 6.45) is 1.49. The molecule has 3 aromatic rings. The van der Waals surface area contributed by atoms with Crippen molar-refractivity contribution in [2.75, 3.05) is 11.1 Å². The molecule has 1 atom stereocenters. The smallest absolute Gasteiger partial charge is 0.234 e. The molecule has 1 amide bonds. The molecule has 1 N–H and O–H groups in total. The van der Waals surface area contributed by atoms with Crippen molar-refractivity contribution in [1.29, 1.82) is 0 Å². The highest BCUT2D eigenvalue weighted by atomic mass is 32.2. The summed E-state index contributed by atoms with van der Waals surface area (Å²) in [6, 6.07) is 12.2. The van der Waals surface area contributed by atoms with Gasteiger partial charge in [0.15, 0.2) is 17.1 Å². The third-order valence-corrected chi connectivity index (χ3v) is 6.64. The normalized spacial score (nSPS) is 11.9. The number of carbonyl (C=O) groups excluding carboxylic acids is 1. The summed E-state index contributed by atoms with van der Waals surface area (Å²) in [4.78, 5) is 12.7. The van der Waals surface area contributed by atoms with E-state index in [4.69, 9.17) is 4.74 Å². The topological polar surface area (TPSA) is 69.0 Å². The Labute approximate surface area is 194 Å². The first-order valence-corrected chi connectivity index (χ1v) is 12.0. The summed E-state index contributed by atoms with van der Waals surface area (Å²) in [5, 5.41) is 12.4. The molecule has 170 valence electrons. The Morgan fingerprint density at radius 3 is 2.41 bits per heavy atom. The Balaban J connectivity index is 1.63. The monoisotopic (exact) mass is 452 g/mol. The lowest BCUT2D eigenvalue weighted by atomic mass is 10.0. The standard InChI is InChI=1S/C25H32N4O2S/c1-7-19-10-9-11-20(8-2)23(19)26-22(30)15-32-25-28-27-24(29(25)6)18(5)31-21-13-12-16(3)17(4)14-21/h9-14,18H,7-8,15H2,1-6H3,(H,26,30). The van der Waals surface area contributed by atoms with Crippen molar-refractivity contribution >= 4 is 23.4 Å². The van der Waals surface area contributed by atoms with E-state index >= 15 is 0 Å². The highest BCUT2D eigenvalue weighted by Gasteiger charge is 2.19.